The first-order chi connectivity index (χ1) is 8.83. The molecule has 0 radical (unpaired) electrons. The third-order valence-electron chi connectivity index (χ3n) is 2.49. The lowest BCUT2D eigenvalue weighted by Gasteiger charge is -2.04. The fourth-order valence-electron chi connectivity index (χ4n) is 1.57. The Kier molecular flexibility index (Phi) is 7.72. The fraction of sp³-hybridized carbons (Fsp3) is 0.615. The van der Waals surface area contributed by atoms with Crippen LogP contribution < -0.4 is 5.32 Å². The predicted molar refractivity (Wildman–Crippen MR) is 68.8 cm³/mol. The molecule has 0 fully saturated rings. The smallest absolute Gasteiger partial charge is 0.305 e. The lowest BCUT2D eigenvalue weighted by atomic mass is 10.2. The van der Waals surface area contributed by atoms with E-state index in [4.69, 9.17) is 4.74 Å². The molecular formula is C13H21N3O2. The summed E-state index contributed by atoms with van der Waals surface area (Å²) in [7, 11) is 0. The summed E-state index contributed by atoms with van der Waals surface area (Å²) in [6.07, 6.45) is 6.81. The van der Waals surface area contributed by atoms with E-state index in [0.29, 0.717) is 13.0 Å². The first-order valence-corrected chi connectivity index (χ1v) is 6.44. The van der Waals surface area contributed by atoms with Crippen molar-refractivity contribution in [3.8, 4) is 0 Å². The van der Waals surface area contributed by atoms with Crippen molar-refractivity contribution in [2.45, 2.75) is 39.2 Å². The molecule has 0 aliphatic carbocycles. The summed E-state index contributed by atoms with van der Waals surface area (Å²) < 4.78 is 4.86. The summed E-state index contributed by atoms with van der Waals surface area (Å²) in [5, 5.41) is 3.31. The number of carbonyl (C=O) groups is 1. The minimum Gasteiger partial charge on any atom is -0.466 e. The van der Waals surface area contributed by atoms with Crippen LogP contribution in [0.2, 0.25) is 0 Å². The number of carbonyl (C=O) groups excluding carboxylic acids is 1. The molecule has 0 saturated heterocycles. The molecule has 0 aliphatic rings. The second-order valence-electron chi connectivity index (χ2n) is 3.99. The van der Waals surface area contributed by atoms with Gasteiger partial charge in [0.2, 0.25) is 0 Å². The molecule has 1 heterocycles. The normalized spacial score (nSPS) is 10.3. The molecule has 0 aromatic carbocycles. The predicted octanol–water partition coefficient (Wildman–Crippen LogP) is 1.69. The average molecular weight is 251 g/mol. The van der Waals surface area contributed by atoms with Crippen molar-refractivity contribution in [3.63, 3.8) is 0 Å². The number of hydrogen-bond donors (Lipinski definition) is 1. The molecular weight excluding hydrogens is 230 g/mol. The van der Waals surface area contributed by atoms with E-state index in [1.807, 2.05) is 13.0 Å². The lowest BCUT2D eigenvalue weighted by molar-refractivity contribution is -0.143. The Hall–Kier alpha value is -1.49. The first-order valence-electron chi connectivity index (χ1n) is 6.44. The van der Waals surface area contributed by atoms with Crippen LogP contribution >= 0.6 is 0 Å². The Morgan fingerprint density at radius 3 is 3.00 bits per heavy atom. The molecule has 100 valence electrons. The topological polar surface area (TPSA) is 64.1 Å². The van der Waals surface area contributed by atoms with Gasteiger partial charge in [0.15, 0.2) is 0 Å². The second-order valence-corrected chi connectivity index (χ2v) is 3.99. The number of nitrogens with zero attached hydrogens (tertiary/aromatic N) is 2. The zero-order valence-corrected chi connectivity index (χ0v) is 10.9. The third kappa shape index (κ3) is 6.96. The van der Waals surface area contributed by atoms with Gasteiger partial charge in [-0.15, -0.1) is 0 Å². The van der Waals surface area contributed by atoms with Crippen LogP contribution in [0.3, 0.4) is 0 Å². The van der Waals surface area contributed by atoms with E-state index in [0.717, 1.165) is 38.0 Å². The molecule has 1 rings (SSSR count). The molecule has 0 spiro atoms. The van der Waals surface area contributed by atoms with Crippen molar-refractivity contribution >= 4 is 5.97 Å². The Morgan fingerprint density at radius 1 is 1.39 bits per heavy atom. The van der Waals surface area contributed by atoms with E-state index >= 15 is 0 Å². The van der Waals surface area contributed by atoms with Crippen LogP contribution in [-0.4, -0.2) is 29.1 Å². The van der Waals surface area contributed by atoms with Gasteiger partial charge in [0.1, 0.15) is 6.33 Å². The zero-order chi connectivity index (χ0) is 13.1. The Morgan fingerprint density at radius 2 is 2.28 bits per heavy atom. The van der Waals surface area contributed by atoms with Gasteiger partial charge in [0.05, 0.1) is 12.3 Å². The number of hydrogen-bond acceptors (Lipinski definition) is 5. The van der Waals surface area contributed by atoms with Crippen molar-refractivity contribution < 1.29 is 9.53 Å². The highest BCUT2D eigenvalue weighted by molar-refractivity contribution is 5.69. The minimum absolute atomic E-state index is 0.0913. The molecule has 0 atom stereocenters. The van der Waals surface area contributed by atoms with Gasteiger partial charge in [0, 0.05) is 19.2 Å². The Bertz CT molecular complexity index is 330. The summed E-state index contributed by atoms with van der Waals surface area (Å²) in [6, 6.07) is 1.90. The van der Waals surface area contributed by atoms with E-state index in [1.54, 1.807) is 12.5 Å². The molecule has 0 aliphatic heterocycles. The number of rotatable bonds is 9. The summed E-state index contributed by atoms with van der Waals surface area (Å²) in [6.45, 7) is 4.00. The maximum Gasteiger partial charge on any atom is 0.305 e. The van der Waals surface area contributed by atoms with Gasteiger partial charge in [-0.3, -0.25) is 4.79 Å². The van der Waals surface area contributed by atoms with Crippen molar-refractivity contribution in [2.75, 3.05) is 13.2 Å². The molecule has 1 aromatic rings. The molecule has 1 aromatic heterocycles. The number of nitrogens with one attached hydrogen (secondary N) is 1. The van der Waals surface area contributed by atoms with E-state index in [1.165, 1.54) is 0 Å². The standard InChI is InChI=1S/C13H21N3O2/c1-2-18-13(17)6-4-3-5-8-14-10-12-7-9-15-11-16-12/h7,9,11,14H,2-6,8,10H2,1H3. The largest absolute Gasteiger partial charge is 0.466 e. The van der Waals surface area contributed by atoms with Gasteiger partial charge >= 0.3 is 5.97 Å². The van der Waals surface area contributed by atoms with Crippen molar-refractivity contribution in [3.05, 3.63) is 24.3 Å². The van der Waals surface area contributed by atoms with Gasteiger partial charge in [0.25, 0.3) is 0 Å². The maximum absolute atomic E-state index is 11.1. The molecule has 0 amide bonds. The van der Waals surface area contributed by atoms with Gasteiger partial charge in [-0.2, -0.15) is 0 Å². The highest BCUT2D eigenvalue weighted by Gasteiger charge is 2.00. The SMILES string of the molecule is CCOC(=O)CCCCCNCc1ccncn1. The average Bonchev–Trinajstić information content (AvgIpc) is 2.39. The van der Waals surface area contributed by atoms with Crippen LogP contribution in [0, 0.1) is 0 Å². The fourth-order valence-corrected chi connectivity index (χ4v) is 1.57. The molecule has 0 saturated carbocycles. The Balaban J connectivity index is 1.92. The first kappa shape index (κ1) is 14.6. The van der Waals surface area contributed by atoms with Crippen LogP contribution in [0.1, 0.15) is 38.3 Å². The van der Waals surface area contributed by atoms with Gasteiger partial charge in [-0.05, 0) is 32.4 Å². The van der Waals surface area contributed by atoms with Crippen LogP contribution in [0.25, 0.3) is 0 Å². The molecule has 1 N–H and O–H groups in total. The highest BCUT2D eigenvalue weighted by Crippen LogP contribution is 2.01. The summed E-state index contributed by atoms with van der Waals surface area (Å²) in [4.78, 5) is 19.0. The van der Waals surface area contributed by atoms with E-state index in [-0.39, 0.29) is 5.97 Å². The second kappa shape index (κ2) is 9.53. The monoisotopic (exact) mass is 251 g/mol. The number of unbranched alkanes of at least 4 members (excludes halogenated alkanes) is 2. The molecule has 5 heteroatoms. The quantitative estimate of drug-likeness (QED) is 0.534. The van der Waals surface area contributed by atoms with Crippen molar-refractivity contribution in [2.24, 2.45) is 0 Å². The summed E-state index contributed by atoms with van der Waals surface area (Å²) in [5.41, 5.74) is 0.997. The zero-order valence-electron chi connectivity index (χ0n) is 10.9. The van der Waals surface area contributed by atoms with E-state index < -0.39 is 0 Å². The summed E-state index contributed by atoms with van der Waals surface area (Å²) in [5.74, 6) is -0.0913. The van der Waals surface area contributed by atoms with Crippen LogP contribution in [0.5, 0.6) is 0 Å². The molecule has 5 nitrogen and oxygen atoms in total. The molecule has 0 bridgehead atoms. The maximum atomic E-state index is 11.1. The van der Waals surface area contributed by atoms with Crippen LogP contribution in [-0.2, 0) is 16.1 Å². The van der Waals surface area contributed by atoms with Gasteiger partial charge < -0.3 is 10.1 Å². The van der Waals surface area contributed by atoms with Crippen molar-refractivity contribution in [1.82, 2.24) is 15.3 Å². The van der Waals surface area contributed by atoms with Gasteiger partial charge in [-0.1, -0.05) is 6.42 Å². The molecule has 0 unspecified atom stereocenters. The highest BCUT2D eigenvalue weighted by atomic mass is 16.5. The number of esters is 1. The van der Waals surface area contributed by atoms with E-state index in [2.05, 4.69) is 15.3 Å². The number of aromatic nitrogens is 2. The van der Waals surface area contributed by atoms with Gasteiger partial charge in [-0.25, -0.2) is 9.97 Å². The van der Waals surface area contributed by atoms with E-state index in [9.17, 15) is 4.79 Å². The molecule has 18 heavy (non-hydrogen) atoms. The Labute approximate surface area is 108 Å². The summed E-state index contributed by atoms with van der Waals surface area (Å²) >= 11 is 0. The van der Waals surface area contributed by atoms with Crippen LogP contribution in [0.15, 0.2) is 18.6 Å². The third-order valence-corrected chi connectivity index (χ3v) is 2.49. The van der Waals surface area contributed by atoms with Crippen LogP contribution in [0.4, 0.5) is 0 Å². The minimum atomic E-state index is -0.0913. The number of ether oxygens (including phenoxy) is 1. The van der Waals surface area contributed by atoms with Crippen molar-refractivity contribution in [1.29, 1.82) is 0 Å². The lowest BCUT2D eigenvalue weighted by Crippen LogP contribution is -2.15.